The lowest BCUT2D eigenvalue weighted by Crippen LogP contribution is -2.67. The first-order valence-electron chi connectivity index (χ1n) is 13.1. The molecule has 8 nitrogen and oxygen atoms in total. The molecule has 1 unspecified atom stereocenters. The van der Waals surface area contributed by atoms with Crippen molar-refractivity contribution < 1.29 is 9.90 Å². The van der Waals surface area contributed by atoms with Crippen molar-refractivity contribution in [2.24, 2.45) is 5.41 Å². The zero-order valence-electron chi connectivity index (χ0n) is 20.8. The number of H-pyrrole nitrogens is 1. The Morgan fingerprint density at radius 2 is 1.81 bits per heavy atom. The van der Waals surface area contributed by atoms with Gasteiger partial charge in [-0.05, 0) is 45.1 Å². The van der Waals surface area contributed by atoms with Crippen LogP contribution in [0.25, 0.3) is 10.6 Å². The average Bonchev–Trinajstić information content (AvgIpc) is 3.37. The van der Waals surface area contributed by atoms with Crippen LogP contribution < -0.4 is 0 Å². The van der Waals surface area contributed by atoms with Crippen LogP contribution in [0.1, 0.15) is 84.2 Å². The minimum absolute atomic E-state index is 0.190. The van der Waals surface area contributed by atoms with Gasteiger partial charge in [0.2, 0.25) is 0 Å². The van der Waals surface area contributed by atoms with Gasteiger partial charge in [-0.25, -0.2) is 14.8 Å². The summed E-state index contributed by atoms with van der Waals surface area (Å²) in [5, 5.41) is 18.4. The Kier molecular flexibility index (Phi) is 5.05. The number of aryl methyl sites for hydroxylation is 1. The molecule has 2 aromatic heterocycles. The van der Waals surface area contributed by atoms with Crippen molar-refractivity contribution >= 4 is 17.4 Å². The van der Waals surface area contributed by atoms with Gasteiger partial charge in [-0.15, -0.1) is 11.3 Å². The van der Waals surface area contributed by atoms with E-state index in [0.717, 1.165) is 71.8 Å². The van der Waals surface area contributed by atoms with Crippen LogP contribution in [0.3, 0.4) is 0 Å². The number of hydrogen-bond acceptors (Lipinski definition) is 6. The van der Waals surface area contributed by atoms with E-state index in [9.17, 15) is 9.90 Å². The van der Waals surface area contributed by atoms with Crippen LogP contribution in [0.2, 0.25) is 0 Å². The first kappa shape index (κ1) is 22.4. The fourth-order valence-electron chi connectivity index (χ4n) is 6.20. The maximum Gasteiger partial charge on any atom is 0.320 e. The van der Waals surface area contributed by atoms with Crippen molar-refractivity contribution in [3.05, 3.63) is 52.0 Å². The van der Waals surface area contributed by atoms with Crippen molar-refractivity contribution in [2.45, 2.75) is 63.4 Å². The highest BCUT2D eigenvalue weighted by molar-refractivity contribution is 7.15. The number of nitrogens with one attached hydrogen (secondary N) is 1. The molecule has 7 rings (SSSR count). The summed E-state index contributed by atoms with van der Waals surface area (Å²) in [6, 6.07) is 8.72. The summed E-state index contributed by atoms with van der Waals surface area (Å²) < 4.78 is 0. The van der Waals surface area contributed by atoms with Crippen LogP contribution in [0.4, 0.5) is 4.79 Å². The predicted octanol–water partition coefficient (Wildman–Crippen LogP) is 4.57. The number of rotatable bonds is 5. The Balaban J connectivity index is 0.894. The second kappa shape index (κ2) is 8.11. The Morgan fingerprint density at radius 3 is 2.44 bits per heavy atom. The number of aliphatic hydroxyl groups excluding tert-OH is 1. The van der Waals surface area contributed by atoms with Crippen molar-refractivity contribution in [3.8, 4) is 10.6 Å². The van der Waals surface area contributed by atoms with E-state index in [1.54, 1.807) is 18.3 Å². The largest absolute Gasteiger partial charge is 0.387 e. The van der Waals surface area contributed by atoms with Crippen LogP contribution in [-0.4, -0.2) is 67.3 Å². The highest BCUT2D eigenvalue weighted by Gasteiger charge is 2.56. The van der Waals surface area contributed by atoms with Crippen LogP contribution in [-0.2, 0) is 0 Å². The van der Waals surface area contributed by atoms with Gasteiger partial charge < -0.3 is 14.9 Å². The summed E-state index contributed by atoms with van der Waals surface area (Å²) in [4.78, 5) is 27.4. The van der Waals surface area contributed by atoms with Gasteiger partial charge in [0, 0.05) is 59.8 Å². The van der Waals surface area contributed by atoms with Gasteiger partial charge in [0.15, 0.2) is 5.82 Å². The number of hydrogen-bond donors (Lipinski definition) is 2. The summed E-state index contributed by atoms with van der Waals surface area (Å²) in [7, 11) is 0. The first-order chi connectivity index (χ1) is 17.4. The first-order valence-corrected chi connectivity index (χ1v) is 13.9. The van der Waals surface area contributed by atoms with E-state index >= 15 is 0 Å². The average molecular weight is 505 g/mol. The molecule has 2 amide bonds. The minimum atomic E-state index is -0.548. The molecule has 1 atom stereocenters. The second-order valence-corrected chi connectivity index (χ2v) is 12.7. The molecule has 4 heterocycles. The number of nitrogens with zero attached hydrogens (tertiary/aromatic N) is 5. The van der Waals surface area contributed by atoms with Gasteiger partial charge in [-0.1, -0.05) is 24.3 Å². The fourth-order valence-corrected chi connectivity index (χ4v) is 7.21. The normalized spacial score (nSPS) is 22.3. The standard InChI is InChI=1S/C27H32N6O2S/c1-15(34)22-16(2)36-25(28-22)19-7-3-17(4-8-19)21-11-32(12-21)26(35)33-13-27(14-33)9-20(10-27)24-29-23(30-31-24)18-5-6-18/h3-4,7-8,15,18,20-21,34H,5-6,9-14H2,1-2H3,(H,29,30,31). The fraction of sp³-hybridized carbons (Fsp3) is 0.556. The Bertz CT molecular complexity index is 1290. The molecule has 1 spiro atoms. The zero-order chi connectivity index (χ0) is 24.6. The summed E-state index contributed by atoms with van der Waals surface area (Å²) in [6.07, 6.45) is 4.13. The molecule has 4 fully saturated rings. The van der Waals surface area contributed by atoms with Crippen LogP contribution in [0.5, 0.6) is 0 Å². The van der Waals surface area contributed by atoms with Crippen LogP contribution in [0, 0.1) is 12.3 Å². The Labute approximate surface area is 214 Å². The van der Waals surface area contributed by atoms with E-state index in [4.69, 9.17) is 4.98 Å². The van der Waals surface area contributed by atoms with E-state index in [1.165, 1.54) is 18.4 Å². The monoisotopic (exact) mass is 504 g/mol. The number of thiazole rings is 1. The lowest BCUT2D eigenvalue weighted by atomic mass is 9.57. The number of aromatic amines is 1. The molecule has 2 aliphatic heterocycles. The molecular weight excluding hydrogens is 472 g/mol. The zero-order valence-corrected chi connectivity index (χ0v) is 21.6. The number of carbonyl (C=O) groups excluding carboxylic acids is 1. The maximum absolute atomic E-state index is 13.0. The number of aliphatic hydroxyl groups is 1. The van der Waals surface area contributed by atoms with Crippen LogP contribution >= 0.6 is 11.3 Å². The molecule has 2 N–H and O–H groups in total. The molecule has 4 aliphatic rings. The number of benzene rings is 1. The molecule has 2 aliphatic carbocycles. The molecular formula is C27H32N6O2S. The summed E-state index contributed by atoms with van der Waals surface area (Å²) in [5.74, 6) is 3.51. The van der Waals surface area contributed by atoms with E-state index < -0.39 is 6.10 Å². The van der Waals surface area contributed by atoms with Gasteiger partial charge in [0.25, 0.3) is 0 Å². The third kappa shape index (κ3) is 3.75. The second-order valence-electron chi connectivity index (χ2n) is 11.5. The van der Waals surface area contributed by atoms with Gasteiger partial charge in [0.1, 0.15) is 10.8 Å². The molecule has 9 heteroatoms. The Morgan fingerprint density at radius 1 is 1.08 bits per heavy atom. The summed E-state index contributed by atoms with van der Waals surface area (Å²) >= 11 is 1.62. The number of likely N-dealkylation sites (tertiary alicyclic amines) is 2. The minimum Gasteiger partial charge on any atom is -0.387 e. The highest BCUT2D eigenvalue weighted by Crippen LogP contribution is 2.56. The van der Waals surface area contributed by atoms with E-state index in [1.807, 2.05) is 16.7 Å². The lowest BCUT2D eigenvalue weighted by Gasteiger charge is -2.59. The van der Waals surface area contributed by atoms with Crippen molar-refractivity contribution in [3.63, 3.8) is 0 Å². The third-order valence-corrected chi connectivity index (χ3v) is 9.58. The summed E-state index contributed by atoms with van der Waals surface area (Å²) in [5.41, 5.74) is 3.40. The molecule has 3 aromatic rings. The number of aromatic nitrogens is 4. The maximum atomic E-state index is 13.0. The quantitative estimate of drug-likeness (QED) is 0.531. The molecule has 1 aromatic carbocycles. The number of carbonyl (C=O) groups is 1. The topological polar surface area (TPSA) is 98.2 Å². The van der Waals surface area contributed by atoms with E-state index in [0.29, 0.717) is 23.2 Å². The number of amides is 2. The molecule has 2 saturated carbocycles. The lowest BCUT2D eigenvalue weighted by molar-refractivity contribution is -0.0601. The SMILES string of the molecule is Cc1sc(-c2ccc(C3CN(C(=O)N4CC5(CC(c6n[nH]c(C7CC7)n6)C5)C4)C3)cc2)nc1C(C)O. The van der Waals surface area contributed by atoms with Crippen molar-refractivity contribution in [2.75, 3.05) is 26.2 Å². The predicted molar refractivity (Wildman–Crippen MR) is 137 cm³/mol. The van der Waals surface area contributed by atoms with Gasteiger partial charge in [0.05, 0.1) is 11.8 Å². The molecule has 188 valence electrons. The van der Waals surface area contributed by atoms with Crippen molar-refractivity contribution in [1.29, 1.82) is 0 Å². The number of urea groups is 1. The van der Waals surface area contributed by atoms with E-state index in [-0.39, 0.29) is 6.03 Å². The smallest absolute Gasteiger partial charge is 0.320 e. The highest BCUT2D eigenvalue weighted by atomic mass is 32.1. The third-order valence-electron chi connectivity index (χ3n) is 8.54. The van der Waals surface area contributed by atoms with Gasteiger partial charge in [-0.3, -0.25) is 5.10 Å². The molecule has 2 saturated heterocycles. The van der Waals surface area contributed by atoms with Gasteiger partial charge in [-0.2, -0.15) is 5.10 Å². The summed E-state index contributed by atoms with van der Waals surface area (Å²) in [6.45, 7) is 7.08. The van der Waals surface area contributed by atoms with Crippen molar-refractivity contribution in [1.82, 2.24) is 30.0 Å². The van der Waals surface area contributed by atoms with Crippen LogP contribution in [0.15, 0.2) is 24.3 Å². The van der Waals surface area contributed by atoms with Gasteiger partial charge >= 0.3 is 6.03 Å². The molecule has 0 bridgehead atoms. The molecule has 36 heavy (non-hydrogen) atoms. The molecule has 0 radical (unpaired) electrons. The Hall–Kier alpha value is -2.78. The van der Waals surface area contributed by atoms with E-state index in [2.05, 4.69) is 39.4 Å².